The van der Waals surface area contributed by atoms with E-state index in [0.29, 0.717) is 17.4 Å². The van der Waals surface area contributed by atoms with Crippen LogP contribution in [0.4, 0.5) is 14.5 Å². The van der Waals surface area contributed by atoms with E-state index in [2.05, 4.69) is 25.1 Å². The molecule has 9 heteroatoms. The third-order valence-electron chi connectivity index (χ3n) is 7.14. The summed E-state index contributed by atoms with van der Waals surface area (Å²) in [6.45, 7) is 3.48. The molecule has 3 aromatic rings. The third-order valence-corrected chi connectivity index (χ3v) is 7.14. The number of halogens is 2. The first kappa shape index (κ1) is 22.5. The zero-order chi connectivity index (χ0) is 23.8. The molecule has 4 heterocycles. The lowest BCUT2D eigenvalue weighted by atomic mass is 10.0. The molecule has 2 aliphatic rings. The Bertz CT molecular complexity index is 1270. The summed E-state index contributed by atoms with van der Waals surface area (Å²) in [5.41, 5.74) is 1.50. The van der Waals surface area contributed by atoms with E-state index in [1.165, 1.54) is 0 Å². The van der Waals surface area contributed by atoms with E-state index in [9.17, 15) is 18.4 Å². The number of carbonyl (C=O) groups excluding carboxylic acids is 1. The van der Waals surface area contributed by atoms with E-state index < -0.39 is 17.2 Å². The summed E-state index contributed by atoms with van der Waals surface area (Å²) in [6.07, 6.45) is 4.61. The minimum Gasteiger partial charge on any atom is -0.370 e. The molecule has 1 unspecified atom stereocenters. The summed E-state index contributed by atoms with van der Waals surface area (Å²) in [7, 11) is 1.58. The summed E-state index contributed by atoms with van der Waals surface area (Å²) < 4.78 is 28.3. The van der Waals surface area contributed by atoms with Crippen molar-refractivity contribution in [2.45, 2.75) is 31.2 Å². The van der Waals surface area contributed by atoms with Crippen molar-refractivity contribution in [3.05, 3.63) is 69.9 Å². The highest BCUT2D eigenvalue weighted by Crippen LogP contribution is 2.32. The summed E-state index contributed by atoms with van der Waals surface area (Å²) in [5, 5.41) is 2.40. The lowest BCUT2D eigenvalue weighted by Gasteiger charge is -2.37. The van der Waals surface area contributed by atoms with Gasteiger partial charge in [0.15, 0.2) is 0 Å². The molecule has 178 valence electrons. The molecule has 7 nitrogen and oxygen atoms in total. The molecule has 1 aromatic carbocycles. The number of nitrogens with zero attached hydrogens (tertiary/aromatic N) is 3. The number of piperidine rings is 1. The van der Waals surface area contributed by atoms with E-state index in [1.54, 1.807) is 25.4 Å². The highest BCUT2D eigenvalue weighted by molar-refractivity contribution is 5.92. The van der Waals surface area contributed by atoms with Gasteiger partial charge in [-0.3, -0.25) is 14.5 Å². The van der Waals surface area contributed by atoms with E-state index >= 15 is 0 Å². The SMILES string of the molecule is CNC(=O)c1ccc(N2CCC(N3CCC(c4cc5c(F)ccc(F)c5c(=O)[nH]4)C3)CC2)cn1. The number of rotatable bonds is 4. The zero-order valence-corrected chi connectivity index (χ0v) is 19.0. The van der Waals surface area contributed by atoms with E-state index in [0.717, 1.165) is 63.3 Å². The number of amides is 1. The van der Waals surface area contributed by atoms with Crippen molar-refractivity contribution in [1.82, 2.24) is 20.2 Å². The Balaban J connectivity index is 1.23. The first-order valence-corrected chi connectivity index (χ1v) is 11.6. The molecule has 5 rings (SSSR count). The van der Waals surface area contributed by atoms with Gasteiger partial charge >= 0.3 is 0 Å². The van der Waals surface area contributed by atoms with Gasteiger partial charge in [-0.2, -0.15) is 0 Å². The van der Waals surface area contributed by atoms with Crippen LogP contribution >= 0.6 is 0 Å². The van der Waals surface area contributed by atoms with Crippen molar-refractivity contribution in [2.75, 3.05) is 38.1 Å². The van der Waals surface area contributed by atoms with Gasteiger partial charge in [-0.05, 0) is 56.1 Å². The molecule has 0 aliphatic carbocycles. The van der Waals surface area contributed by atoms with Crippen molar-refractivity contribution in [2.24, 2.45) is 0 Å². The first-order valence-electron chi connectivity index (χ1n) is 11.6. The van der Waals surface area contributed by atoms with Crippen LogP contribution in [0.25, 0.3) is 10.8 Å². The number of fused-ring (bicyclic) bond motifs is 1. The number of likely N-dealkylation sites (tertiary alicyclic amines) is 1. The topological polar surface area (TPSA) is 81.3 Å². The second-order valence-electron chi connectivity index (χ2n) is 9.05. The Kier molecular flexibility index (Phi) is 6.03. The number of anilines is 1. The number of pyridine rings is 2. The fraction of sp³-hybridized carbons (Fsp3) is 0.400. The molecule has 1 amide bonds. The molecule has 2 aliphatic heterocycles. The summed E-state index contributed by atoms with van der Waals surface area (Å²) in [5.74, 6) is -1.40. The van der Waals surface area contributed by atoms with Gasteiger partial charge in [0.2, 0.25) is 0 Å². The van der Waals surface area contributed by atoms with Crippen LogP contribution in [-0.2, 0) is 0 Å². The molecule has 1 atom stereocenters. The van der Waals surface area contributed by atoms with Crippen molar-refractivity contribution >= 4 is 22.4 Å². The lowest BCUT2D eigenvalue weighted by Crippen LogP contribution is -2.44. The van der Waals surface area contributed by atoms with Crippen LogP contribution < -0.4 is 15.8 Å². The molecule has 0 bridgehead atoms. The van der Waals surface area contributed by atoms with Crippen molar-refractivity contribution in [3.8, 4) is 0 Å². The van der Waals surface area contributed by atoms with Gasteiger partial charge < -0.3 is 15.2 Å². The number of aromatic amines is 1. The van der Waals surface area contributed by atoms with E-state index in [1.807, 2.05) is 6.07 Å². The minimum atomic E-state index is -0.706. The second-order valence-corrected chi connectivity index (χ2v) is 9.05. The van der Waals surface area contributed by atoms with Gasteiger partial charge in [0.1, 0.15) is 17.3 Å². The van der Waals surface area contributed by atoms with Crippen LogP contribution in [0, 0.1) is 11.6 Å². The molecule has 2 N–H and O–H groups in total. The van der Waals surface area contributed by atoms with Crippen LogP contribution in [0.5, 0.6) is 0 Å². The average Bonchev–Trinajstić information content (AvgIpc) is 3.36. The number of benzene rings is 1. The third kappa shape index (κ3) is 4.16. The minimum absolute atomic E-state index is 0.0431. The number of aromatic nitrogens is 2. The average molecular weight is 468 g/mol. The van der Waals surface area contributed by atoms with Crippen molar-refractivity contribution in [1.29, 1.82) is 0 Å². The molecule has 34 heavy (non-hydrogen) atoms. The Labute approximate surface area is 195 Å². The molecule has 2 fully saturated rings. The van der Waals surface area contributed by atoms with Gasteiger partial charge in [-0.15, -0.1) is 0 Å². The molecule has 0 radical (unpaired) electrons. The highest BCUT2D eigenvalue weighted by Gasteiger charge is 2.32. The summed E-state index contributed by atoms with van der Waals surface area (Å²) in [6, 6.07) is 7.76. The van der Waals surface area contributed by atoms with E-state index in [-0.39, 0.29) is 22.6 Å². The predicted molar refractivity (Wildman–Crippen MR) is 126 cm³/mol. The number of H-pyrrole nitrogens is 1. The Morgan fingerprint density at radius 2 is 1.85 bits per heavy atom. The smallest absolute Gasteiger partial charge is 0.269 e. The predicted octanol–water partition coefficient (Wildman–Crippen LogP) is 3.02. The normalized spacial score (nSPS) is 19.6. The molecular formula is C25H27F2N5O2. The molecule has 0 saturated carbocycles. The fourth-order valence-corrected chi connectivity index (χ4v) is 5.24. The van der Waals surface area contributed by atoms with Gasteiger partial charge in [-0.25, -0.2) is 13.8 Å². The number of hydrogen-bond acceptors (Lipinski definition) is 5. The van der Waals surface area contributed by atoms with Crippen LogP contribution in [-0.4, -0.2) is 60.0 Å². The molecule has 2 saturated heterocycles. The van der Waals surface area contributed by atoms with Gasteiger partial charge in [0, 0.05) is 49.7 Å². The maximum atomic E-state index is 14.3. The number of nitrogens with one attached hydrogen (secondary N) is 2. The van der Waals surface area contributed by atoms with Crippen LogP contribution in [0.1, 0.15) is 41.4 Å². The standard InChI is InChI=1S/C25H27F2N5O2/c1-28-24(33)21-5-2-17(13-29-21)31-10-7-16(8-11-31)32-9-6-15(14-32)22-12-18-19(26)3-4-20(27)23(18)25(34)30-22/h2-5,12-13,15-16H,6-11,14H2,1H3,(H,28,33)(H,30,34). The Morgan fingerprint density at radius 3 is 2.56 bits per heavy atom. The van der Waals surface area contributed by atoms with E-state index in [4.69, 9.17) is 0 Å². The fourth-order valence-electron chi connectivity index (χ4n) is 5.24. The van der Waals surface area contributed by atoms with Crippen molar-refractivity contribution in [3.63, 3.8) is 0 Å². The van der Waals surface area contributed by atoms with Crippen LogP contribution in [0.2, 0.25) is 0 Å². The van der Waals surface area contributed by atoms with Gasteiger partial charge in [0.05, 0.1) is 17.3 Å². The Hall–Kier alpha value is -3.33. The maximum Gasteiger partial charge on any atom is 0.269 e. The maximum absolute atomic E-state index is 14.3. The summed E-state index contributed by atoms with van der Waals surface area (Å²) >= 11 is 0. The number of hydrogen-bond donors (Lipinski definition) is 2. The van der Waals surface area contributed by atoms with Gasteiger partial charge in [0.25, 0.3) is 11.5 Å². The van der Waals surface area contributed by atoms with Crippen molar-refractivity contribution < 1.29 is 13.6 Å². The largest absolute Gasteiger partial charge is 0.370 e. The monoisotopic (exact) mass is 467 g/mol. The molecular weight excluding hydrogens is 440 g/mol. The highest BCUT2D eigenvalue weighted by atomic mass is 19.1. The van der Waals surface area contributed by atoms with Gasteiger partial charge in [-0.1, -0.05) is 0 Å². The Morgan fingerprint density at radius 1 is 1.09 bits per heavy atom. The van der Waals surface area contributed by atoms with Crippen LogP contribution in [0.3, 0.4) is 0 Å². The quantitative estimate of drug-likeness (QED) is 0.617. The van der Waals surface area contributed by atoms with Crippen LogP contribution in [0.15, 0.2) is 41.3 Å². The summed E-state index contributed by atoms with van der Waals surface area (Å²) in [4.78, 5) is 35.9. The number of carbonyl (C=O) groups is 1. The first-order chi connectivity index (χ1) is 16.4. The molecule has 0 spiro atoms. The zero-order valence-electron chi connectivity index (χ0n) is 19.0. The second kappa shape index (κ2) is 9.13. The molecule has 2 aromatic heterocycles. The lowest BCUT2D eigenvalue weighted by molar-refractivity contribution is 0.0958.